The fraction of sp³-hybridized carbons (Fsp3) is 1.00. The van der Waals surface area contributed by atoms with Crippen molar-refractivity contribution in [3.8, 4) is 0 Å². The molecule has 38 valence electrons. The van der Waals surface area contributed by atoms with Crippen molar-refractivity contribution < 1.29 is 0 Å². The summed E-state index contributed by atoms with van der Waals surface area (Å²) in [5.41, 5.74) is 0. The minimum absolute atomic E-state index is 0.604. The topological polar surface area (TPSA) is 0 Å². The molecule has 0 fully saturated rings. The van der Waals surface area contributed by atoms with Crippen LogP contribution in [0, 0.1) is 0 Å². The maximum atomic E-state index is 5.40. The van der Waals surface area contributed by atoms with Gasteiger partial charge in [0.05, 0.1) is 0 Å². The second-order valence-corrected chi connectivity index (χ2v) is 8.44. The molecule has 0 saturated heterocycles. The number of hydrogen-bond donors (Lipinski definition) is 0. The van der Waals surface area contributed by atoms with Crippen LogP contribution >= 0.6 is 31.5 Å². The van der Waals surface area contributed by atoms with Crippen LogP contribution in [-0.4, -0.2) is 18.6 Å². The SMILES string of the molecule is ClCC[As](Cl)Cl. The Balaban J connectivity index is 2.63. The molecule has 0 amide bonds. The first-order valence-corrected chi connectivity index (χ1v) is 8.21. The third-order valence-corrected chi connectivity index (χ3v) is 3.95. The molecule has 0 atom stereocenters. The maximum absolute atomic E-state index is 5.40. The van der Waals surface area contributed by atoms with Crippen molar-refractivity contribution >= 4 is 44.3 Å². The molecular formula is C2H4AsCl3. The first-order valence-electron chi connectivity index (χ1n) is 1.42. The molecule has 0 radical (unpaired) electrons. The van der Waals surface area contributed by atoms with E-state index in [1.807, 2.05) is 0 Å². The zero-order chi connectivity index (χ0) is 4.99. The zero-order valence-corrected chi connectivity index (χ0v) is 7.14. The second-order valence-electron chi connectivity index (χ2n) is 0.716. The predicted molar refractivity (Wildman–Crippen MR) is 33.0 cm³/mol. The summed E-state index contributed by atoms with van der Waals surface area (Å²) < 4.78 is 0. The van der Waals surface area contributed by atoms with Crippen LogP contribution in [0.1, 0.15) is 0 Å². The normalized spacial score (nSPS) is 10.0. The van der Waals surface area contributed by atoms with Gasteiger partial charge < -0.3 is 0 Å². The molecule has 0 N–H and O–H groups in total. The van der Waals surface area contributed by atoms with E-state index in [-0.39, 0.29) is 0 Å². The fourth-order valence-corrected chi connectivity index (χ4v) is 2.99. The van der Waals surface area contributed by atoms with Crippen molar-refractivity contribution in [2.24, 2.45) is 0 Å². The molecule has 0 spiro atoms. The van der Waals surface area contributed by atoms with Gasteiger partial charge in [-0.2, -0.15) is 0 Å². The Labute approximate surface area is 55.3 Å². The van der Waals surface area contributed by atoms with Crippen LogP contribution in [-0.2, 0) is 0 Å². The molecule has 0 aliphatic heterocycles. The van der Waals surface area contributed by atoms with Gasteiger partial charge in [0.25, 0.3) is 0 Å². The van der Waals surface area contributed by atoms with Crippen molar-refractivity contribution in [2.75, 3.05) is 5.88 Å². The molecule has 0 aliphatic rings. The van der Waals surface area contributed by atoms with Crippen LogP contribution in [0.25, 0.3) is 0 Å². The van der Waals surface area contributed by atoms with Gasteiger partial charge >= 0.3 is 55.4 Å². The van der Waals surface area contributed by atoms with Crippen molar-refractivity contribution in [1.82, 2.24) is 0 Å². The quantitative estimate of drug-likeness (QED) is 0.483. The molecule has 0 heterocycles. The molecule has 6 heavy (non-hydrogen) atoms. The molecule has 0 aromatic carbocycles. The average Bonchev–Trinajstić information content (AvgIpc) is 1.35. The Hall–Kier alpha value is 1.43. The van der Waals surface area contributed by atoms with Gasteiger partial charge in [0.15, 0.2) is 0 Å². The van der Waals surface area contributed by atoms with E-state index >= 15 is 0 Å². The Morgan fingerprint density at radius 1 is 1.33 bits per heavy atom. The number of alkyl halides is 1. The van der Waals surface area contributed by atoms with E-state index in [1.165, 1.54) is 0 Å². The van der Waals surface area contributed by atoms with Crippen LogP contribution < -0.4 is 0 Å². The fourth-order valence-electron chi connectivity index (χ4n) is 0.0639. The minimum atomic E-state index is -1.41. The van der Waals surface area contributed by atoms with Crippen LogP contribution in [0.4, 0.5) is 0 Å². The predicted octanol–water partition coefficient (Wildman–Crippen LogP) is 2.19. The van der Waals surface area contributed by atoms with E-state index in [0.717, 1.165) is 5.21 Å². The Morgan fingerprint density at radius 2 is 1.83 bits per heavy atom. The van der Waals surface area contributed by atoms with Gasteiger partial charge in [0.1, 0.15) is 0 Å². The van der Waals surface area contributed by atoms with Gasteiger partial charge in [0.2, 0.25) is 0 Å². The van der Waals surface area contributed by atoms with E-state index in [0.29, 0.717) is 5.88 Å². The van der Waals surface area contributed by atoms with Crippen LogP contribution in [0.5, 0.6) is 0 Å². The summed E-state index contributed by atoms with van der Waals surface area (Å²) in [5.74, 6) is 0.604. The zero-order valence-electron chi connectivity index (χ0n) is 3.00. The van der Waals surface area contributed by atoms with Crippen molar-refractivity contribution in [3.05, 3.63) is 0 Å². The molecule has 4 heteroatoms. The summed E-state index contributed by atoms with van der Waals surface area (Å²) in [4.78, 5) is 0. The Morgan fingerprint density at radius 3 is 1.83 bits per heavy atom. The molecule has 0 aliphatic carbocycles. The Kier molecular flexibility index (Phi) is 5.68. The third-order valence-electron chi connectivity index (χ3n) is 0.254. The van der Waals surface area contributed by atoms with Gasteiger partial charge in [0, 0.05) is 0 Å². The van der Waals surface area contributed by atoms with Crippen molar-refractivity contribution in [3.63, 3.8) is 0 Å². The standard InChI is InChI=1S/C2H4AsCl3/c4-2-1-3(5)6/h1-2H2. The van der Waals surface area contributed by atoms with E-state index in [4.69, 9.17) is 31.5 Å². The molecule has 0 bridgehead atoms. The third kappa shape index (κ3) is 5.43. The summed E-state index contributed by atoms with van der Waals surface area (Å²) in [6.45, 7) is 0. The molecule has 0 nitrogen and oxygen atoms in total. The summed E-state index contributed by atoms with van der Waals surface area (Å²) in [6.07, 6.45) is 0. The van der Waals surface area contributed by atoms with E-state index < -0.39 is 12.8 Å². The van der Waals surface area contributed by atoms with Crippen molar-refractivity contribution in [2.45, 2.75) is 5.21 Å². The summed E-state index contributed by atoms with van der Waals surface area (Å²) in [6, 6.07) is 0. The molecule has 0 unspecified atom stereocenters. The number of hydrogen-bond acceptors (Lipinski definition) is 0. The monoisotopic (exact) mass is 208 g/mol. The van der Waals surface area contributed by atoms with Gasteiger partial charge in [-0.05, 0) is 0 Å². The summed E-state index contributed by atoms with van der Waals surface area (Å²) in [7, 11) is 10.8. The van der Waals surface area contributed by atoms with Gasteiger partial charge in [-0.1, -0.05) is 0 Å². The van der Waals surface area contributed by atoms with E-state index in [1.54, 1.807) is 0 Å². The number of rotatable bonds is 2. The van der Waals surface area contributed by atoms with Gasteiger partial charge in [-0.25, -0.2) is 0 Å². The van der Waals surface area contributed by atoms with E-state index in [2.05, 4.69) is 0 Å². The molecule has 0 saturated carbocycles. The van der Waals surface area contributed by atoms with E-state index in [9.17, 15) is 0 Å². The second kappa shape index (κ2) is 4.58. The molecule has 0 aromatic rings. The van der Waals surface area contributed by atoms with Crippen LogP contribution in [0.15, 0.2) is 0 Å². The van der Waals surface area contributed by atoms with Crippen LogP contribution in [0.2, 0.25) is 5.21 Å². The first-order chi connectivity index (χ1) is 2.77. The Bertz CT molecular complexity index is 30.0. The summed E-state index contributed by atoms with van der Waals surface area (Å²) >= 11 is 3.85. The van der Waals surface area contributed by atoms with Crippen LogP contribution in [0.3, 0.4) is 0 Å². The number of halogens is 3. The molecule has 0 rings (SSSR count). The van der Waals surface area contributed by atoms with Crippen molar-refractivity contribution in [1.29, 1.82) is 0 Å². The molecular weight excluding hydrogens is 205 g/mol. The first kappa shape index (κ1) is 7.43. The van der Waals surface area contributed by atoms with Gasteiger partial charge in [-0.3, -0.25) is 0 Å². The summed E-state index contributed by atoms with van der Waals surface area (Å²) in [5, 5.41) is 0.817. The average molecular weight is 209 g/mol. The van der Waals surface area contributed by atoms with Gasteiger partial charge in [-0.15, -0.1) is 0 Å². The molecule has 0 aromatic heterocycles.